The Labute approximate surface area is 260 Å². The monoisotopic (exact) mass is 669 g/mol. The summed E-state index contributed by atoms with van der Waals surface area (Å²) in [5.74, 6) is -4.20. The van der Waals surface area contributed by atoms with E-state index in [1.54, 1.807) is 42.5 Å². The lowest BCUT2D eigenvalue weighted by molar-refractivity contribution is -0.267. The molecule has 13 heteroatoms. The van der Waals surface area contributed by atoms with Crippen LogP contribution < -0.4 is 0 Å². The number of aromatic nitrogens is 1. The van der Waals surface area contributed by atoms with Crippen LogP contribution in [0.25, 0.3) is 10.9 Å². The third-order valence-corrected chi connectivity index (χ3v) is 7.26. The van der Waals surface area contributed by atoms with Gasteiger partial charge in [0, 0.05) is 54.7 Å². The molecule has 1 N–H and O–H groups in total. The lowest BCUT2D eigenvalue weighted by Gasteiger charge is -2.44. The first kappa shape index (κ1) is 26.2. The van der Waals surface area contributed by atoms with Gasteiger partial charge in [0.15, 0.2) is 24.5 Å². The SMILES string of the molecule is [2H]CC(=O)OC[C@H]1OC(n2cc(C(O)c3ccc(Br)cc3)c3c(Cl)cccc32)[C@H](OC(=O)C[2H])[C@@H](OC(=O)C[2H])[C@@H]1OC(=O)C[2H]. The molecule has 4 rings (SSSR count). The Morgan fingerprint density at radius 2 is 1.57 bits per heavy atom. The summed E-state index contributed by atoms with van der Waals surface area (Å²) < 4.78 is 59.8. The van der Waals surface area contributed by atoms with Crippen LogP contribution in [0.3, 0.4) is 0 Å². The first-order valence-corrected chi connectivity index (χ1v) is 13.5. The number of hydrogen-bond acceptors (Lipinski definition) is 10. The molecule has 0 spiro atoms. The van der Waals surface area contributed by atoms with Crippen molar-refractivity contribution in [1.82, 2.24) is 4.57 Å². The molecule has 0 aliphatic carbocycles. The summed E-state index contributed by atoms with van der Waals surface area (Å²) in [6.45, 7) is -3.94. The Balaban J connectivity index is 1.92. The molecule has 1 fully saturated rings. The molecule has 11 nitrogen and oxygen atoms in total. The number of nitrogens with zero attached hydrogens (tertiary/aromatic N) is 1. The fraction of sp³-hybridized carbons (Fsp3) is 0.379. The Morgan fingerprint density at radius 3 is 2.21 bits per heavy atom. The van der Waals surface area contributed by atoms with Gasteiger partial charge in [-0.2, -0.15) is 0 Å². The molecule has 224 valence electrons. The summed E-state index contributed by atoms with van der Waals surface area (Å²) in [5.41, 5.74) is 1.19. The van der Waals surface area contributed by atoms with Crippen LogP contribution in [0.15, 0.2) is 53.1 Å². The Kier molecular flexibility index (Phi) is 8.26. The summed E-state index contributed by atoms with van der Waals surface area (Å²) in [7, 11) is 0. The average Bonchev–Trinajstić information content (AvgIpc) is 3.45. The highest BCUT2D eigenvalue weighted by Gasteiger charge is 2.53. The Hall–Kier alpha value is -3.45. The molecule has 2 aromatic carbocycles. The summed E-state index contributed by atoms with van der Waals surface area (Å²) in [6.07, 6.45) is -7.53. The zero-order chi connectivity index (χ0) is 33.5. The number of benzene rings is 2. The molecule has 42 heavy (non-hydrogen) atoms. The van der Waals surface area contributed by atoms with Gasteiger partial charge in [0.1, 0.15) is 18.8 Å². The van der Waals surface area contributed by atoms with Gasteiger partial charge in [-0.05, 0) is 29.8 Å². The van der Waals surface area contributed by atoms with Crippen LogP contribution in [-0.4, -0.2) is 64.6 Å². The first-order valence-electron chi connectivity index (χ1n) is 15.1. The van der Waals surface area contributed by atoms with Gasteiger partial charge in [-0.3, -0.25) is 19.2 Å². The van der Waals surface area contributed by atoms with Crippen molar-refractivity contribution >= 4 is 62.3 Å². The highest BCUT2D eigenvalue weighted by atomic mass is 79.9. The van der Waals surface area contributed by atoms with E-state index in [-0.39, 0.29) is 5.02 Å². The highest BCUT2D eigenvalue weighted by molar-refractivity contribution is 9.10. The zero-order valence-electron chi connectivity index (χ0n) is 25.9. The van der Waals surface area contributed by atoms with Gasteiger partial charge >= 0.3 is 23.9 Å². The Bertz CT molecular complexity index is 1580. The lowest BCUT2D eigenvalue weighted by Crippen LogP contribution is -2.60. The van der Waals surface area contributed by atoms with E-state index < -0.39 is 94.8 Å². The fourth-order valence-electron chi connectivity index (χ4n) is 4.83. The summed E-state index contributed by atoms with van der Waals surface area (Å²) >= 11 is 10.00. The van der Waals surface area contributed by atoms with Crippen LogP contribution in [0.2, 0.25) is 5.02 Å². The molecular weight excluding hydrogens is 638 g/mol. The maximum atomic E-state index is 12.6. The van der Waals surface area contributed by atoms with Crippen LogP contribution in [-0.2, 0) is 42.9 Å². The number of esters is 4. The molecule has 0 radical (unpaired) electrons. The highest BCUT2D eigenvalue weighted by Crippen LogP contribution is 2.41. The van der Waals surface area contributed by atoms with Crippen LogP contribution >= 0.6 is 27.5 Å². The molecule has 2 heterocycles. The predicted octanol–water partition coefficient (Wildman–Crippen LogP) is 4.39. The van der Waals surface area contributed by atoms with E-state index in [1.165, 1.54) is 10.8 Å². The largest absolute Gasteiger partial charge is 0.463 e. The number of aliphatic hydroxyl groups is 1. The smallest absolute Gasteiger partial charge is 0.303 e. The Morgan fingerprint density at radius 1 is 0.952 bits per heavy atom. The number of aliphatic hydroxyl groups excluding tert-OH is 1. The standard InChI is InChI=1S/C29H29BrClNO10/c1-14(33)38-13-23-26(39-15(2)34)27(40-16(3)35)28(41-17(4)36)29(42-23)32-12-20(24-21(31)6-5-7-22(24)32)25(37)18-8-10-19(30)11-9-18/h5-12,23,25-29,37H,13H2,1-4H3/t23-,25?,26-,27+,28-,29?/m1/s1/i1D,2D,3D,4D. The molecule has 3 aromatic rings. The molecule has 1 aromatic heterocycles. The molecule has 1 aliphatic rings. The van der Waals surface area contributed by atoms with Gasteiger partial charge in [0.05, 0.1) is 10.5 Å². The number of carbonyl (C=O) groups excluding carboxylic acids is 4. The molecule has 2 unspecified atom stereocenters. The van der Waals surface area contributed by atoms with Crippen molar-refractivity contribution in [2.45, 2.75) is 64.3 Å². The van der Waals surface area contributed by atoms with Crippen LogP contribution in [0.1, 0.15) is 56.5 Å². The van der Waals surface area contributed by atoms with Gasteiger partial charge in [-0.25, -0.2) is 0 Å². The number of halogens is 2. The first-order chi connectivity index (χ1) is 22.0. The van der Waals surface area contributed by atoms with Crippen molar-refractivity contribution in [3.8, 4) is 0 Å². The van der Waals surface area contributed by atoms with Crippen molar-refractivity contribution in [2.24, 2.45) is 0 Å². The molecule has 0 bridgehead atoms. The molecule has 1 aliphatic heterocycles. The molecule has 0 amide bonds. The van der Waals surface area contributed by atoms with Crippen LogP contribution in [0.5, 0.6) is 0 Å². The minimum Gasteiger partial charge on any atom is -0.463 e. The maximum Gasteiger partial charge on any atom is 0.303 e. The normalized spacial score (nSPS) is 23.9. The molecule has 1 saturated heterocycles. The van der Waals surface area contributed by atoms with Crippen molar-refractivity contribution in [3.63, 3.8) is 0 Å². The summed E-state index contributed by atoms with van der Waals surface area (Å²) in [4.78, 5) is 49.3. The number of carbonyl (C=O) groups is 4. The van der Waals surface area contributed by atoms with E-state index in [2.05, 4.69) is 15.9 Å². The van der Waals surface area contributed by atoms with Crippen molar-refractivity contribution in [1.29, 1.82) is 0 Å². The van der Waals surface area contributed by atoms with Crippen molar-refractivity contribution in [3.05, 3.63) is 69.3 Å². The van der Waals surface area contributed by atoms with E-state index in [9.17, 15) is 24.3 Å². The van der Waals surface area contributed by atoms with Gasteiger partial charge in [0.2, 0.25) is 0 Å². The summed E-state index contributed by atoms with van der Waals surface area (Å²) in [5, 5.41) is 12.1. The third kappa shape index (κ3) is 6.95. The number of fused-ring (bicyclic) bond motifs is 1. The quantitative estimate of drug-likeness (QED) is 0.271. The average molecular weight is 671 g/mol. The molecule has 0 saturated carbocycles. The zero-order valence-corrected chi connectivity index (χ0v) is 24.3. The van der Waals surface area contributed by atoms with Gasteiger partial charge in [-0.15, -0.1) is 0 Å². The van der Waals surface area contributed by atoms with Crippen LogP contribution in [0, 0.1) is 0 Å². The molecular formula is C29H29BrClNO10. The number of ether oxygens (including phenoxy) is 5. The van der Waals surface area contributed by atoms with E-state index in [1.807, 2.05) is 0 Å². The van der Waals surface area contributed by atoms with E-state index >= 15 is 0 Å². The minimum atomic E-state index is -1.68. The van der Waals surface area contributed by atoms with Gasteiger partial charge in [-0.1, -0.05) is 45.7 Å². The second-order valence-electron chi connectivity index (χ2n) is 9.19. The van der Waals surface area contributed by atoms with E-state index in [0.717, 1.165) is 4.47 Å². The molecule has 6 atom stereocenters. The topological polar surface area (TPSA) is 140 Å². The third-order valence-electron chi connectivity index (χ3n) is 6.41. The number of rotatable bonds is 8. The fourth-order valence-corrected chi connectivity index (χ4v) is 5.37. The second kappa shape index (κ2) is 13.2. The van der Waals surface area contributed by atoms with E-state index in [4.69, 9.17) is 40.8 Å². The second-order valence-corrected chi connectivity index (χ2v) is 10.5. The van der Waals surface area contributed by atoms with Crippen molar-refractivity contribution < 1.29 is 53.5 Å². The van der Waals surface area contributed by atoms with Crippen LogP contribution in [0.4, 0.5) is 0 Å². The lowest BCUT2D eigenvalue weighted by atomic mass is 9.97. The van der Waals surface area contributed by atoms with Crippen molar-refractivity contribution in [2.75, 3.05) is 6.61 Å². The van der Waals surface area contributed by atoms with E-state index in [0.29, 0.717) is 22.0 Å². The van der Waals surface area contributed by atoms with Gasteiger partial charge in [0.25, 0.3) is 0 Å². The van der Waals surface area contributed by atoms with Gasteiger partial charge < -0.3 is 33.4 Å². The predicted molar refractivity (Wildman–Crippen MR) is 152 cm³/mol. The summed E-state index contributed by atoms with van der Waals surface area (Å²) in [6, 6.07) is 11.7. The number of hydrogen-bond donors (Lipinski definition) is 1. The minimum absolute atomic E-state index is 0.248. The maximum absolute atomic E-state index is 12.6.